The summed E-state index contributed by atoms with van der Waals surface area (Å²) < 4.78 is 14.1. The van der Waals surface area contributed by atoms with Crippen LogP contribution in [0.1, 0.15) is 61.4 Å². The molecule has 22 heavy (non-hydrogen) atoms. The Labute approximate surface area is 131 Å². The van der Waals surface area contributed by atoms with Gasteiger partial charge in [0.05, 0.1) is 11.6 Å². The zero-order valence-corrected chi connectivity index (χ0v) is 13.3. The Bertz CT molecular complexity index is 550. The summed E-state index contributed by atoms with van der Waals surface area (Å²) in [7, 11) is 0. The lowest BCUT2D eigenvalue weighted by Gasteiger charge is -2.30. The fraction of sp³-hybridized carbons (Fsp3) is 0.556. The highest BCUT2D eigenvalue weighted by Crippen LogP contribution is 2.27. The molecule has 1 amide bonds. The second kappa shape index (κ2) is 7.52. The topological polar surface area (TPSA) is 46.2 Å². The van der Waals surface area contributed by atoms with Gasteiger partial charge in [-0.25, -0.2) is 4.39 Å². The first-order valence-corrected chi connectivity index (χ1v) is 8.13. The highest BCUT2D eigenvalue weighted by atomic mass is 19.1. The Morgan fingerprint density at radius 1 is 1.27 bits per heavy atom. The molecule has 1 saturated carbocycles. The number of halogens is 1. The predicted molar refractivity (Wildman–Crippen MR) is 84.3 cm³/mol. The van der Waals surface area contributed by atoms with E-state index in [4.69, 9.17) is 0 Å². The largest absolute Gasteiger partial charge is 0.342 e. The van der Waals surface area contributed by atoms with E-state index in [2.05, 4.69) is 5.32 Å². The summed E-state index contributed by atoms with van der Waals surface area (Å²) in [5.41, 5.74) is 0.452. The Balaban J connectivity index is 2.17. The van der Waals surface area contributed by atoms with Gasteiger partial charge in [-0.15, -0.1) is 0 Å². The first-order chi connectivity index (χ1) is 10.5. The molecule has 1 aliphatic carbocycles. The van der Waals surface area contributed by atoms with E-state index in [1.165, 1.54) is 12.5 Å². The maximum absolute atomic E-state index is 14.1. The Morgan fingerprint density at radius 2 is 1.95 bits per heavy atom. The molecule has 0 unspecified atom stereocenters. The van der Waals surface area contributed by atoms with Crippen molar-refractivity contribution in [3.05, 3.63) is 35.1 Å². The molecule has 120 valence electrons. The lowest BCUT2D eigenvalue weighted by Crippen LogP contribution is -2.46. The maximum Gasteiger partial charge on any atom is 0.254 e. The zero-order valence-electron chi connectivity index (χ0n) is 13.3. The van der Waals surface area contributed by atoms with Crippen LogP contribution in [-0.2, 0) is 4.79 Å². The van der Waals surface area contributed by atoms with Crippen LogP contribution in [-0.4, -0.2) is 17.7 Å². The molecule has 2 rings (SSSR count). The first-order valence-electron chi connectivity index (χ1n) is 8.13. The summed E-state index contributed by atoms with van der Waals surface area (Å²) in [6, 6.07) is 4.26. The molecule has 1 atom stereocenters. The second-order valence-corrected chi connectivity index (χ2v) is 6.11. The minimum atomic E-state index is -0.508. The maximum atomic E-state index is 14.1. The van der Waals surface area contributed by atoms with Crippen LogP contribution in [0.15, 0.2) is 18.2 Å². The van der Waals surface area contributed by atoms with E-state index in [0.717, 1.165) is 25.7 Å². The molecule has 0 aromatic heterocycles. The summed E-state index contributed by atoms with van der Waals surface area (Å²) in [5.74, 6) is -0.781. The third-order valence-corrected chi connectivity index (χ3v) is 4.54. The molecule has 0 saturated heterocycles. The molecule has 1 aliphatic rings. The number of aryl methyl sites for hydroxylation is 1. The van der Waals surface area contributed by atoms with E-state index in [9.17, 15) is 14.0 Å². The third kappa shape index (κ3) is 3.73. The molecular weight excluding hydrogens is 281 g/mol. The van der Waals surface area contributed by atoms with Crippen molar-refractivity contribution >= 4 is 11.7 Å². The van der Waals surface area contributed by atoms with Gasteiger partial charge in [0.15, 0.2) is 5.78 Å². The Hall–Kier alpha value is -1.71. The van der Waals surface area contributed by atoms with Gasteiger partial charge in [-0.2, -0.15) is 0 Å². The van der Waals surface area contributed by atoms with E-state index >= 15 is 0 Å². The lowest BCUT2D eigenvalue weighted by molar-refractivity contribution is -0.122. The van der Waals surface area contributed by atoms with E-state index < -0.39 is 17.8 Å². The minimum Gasteiger partial charge on any atom is -0.342 e. The zero-order chi connectivity index (χ0) is 16.1. The number of nitrogens with one attached hydrogen (secondary N) is 1. The van der Waals surface area contributed by atoms with Crippen LogP contribution in [0.25, 0.3) is 0 Å². The highest BCUT2D eigenvalue weighted by molar-refractivity contribution is 5.98. The van der Waals surface area contributed by atoms with Crippen molar-refractivity contribution in [3.8, 4) is 0 Å². The van der Waals surface area contributed by atoms with Crippen LogP contribution in [0.5, 0.6) is 0 Å². The fourth-order valence-electron chi connectivity index (χ4n) is 3.19. The minimum absolute atomic E-state index is 0.0183. The average molecular weight is 305 g/mol. The molecule has 0 spiro atoms. The Kier molecular flexibility index (Phi) is 5.69. The number of hydrogen-bond donors (Lipinski definition) is 1. The average Bonchev–Trinajstić information content (AvgIpc) is 2.55. The third-order valence-electron chi connectivity index (χ3n) is 4.54. The van der Waals surface area contributed by atoms with E-state index in [0.29, 0.717) is 12.0 Å². The summed E-state index contributed by atoms with van der Waals surface area (Å²) in [5, 5.41) is 2.79. The van der Waals surface area contributed by atoms with Crippen molar-refractivity contribution in [1.82, 2.24) is 5.32 Å². The smallest absolute Gasteiger partial charge is 0.254 e. The number of carbonyl (C=O) groups is 2. The molecule has 4 heteroatoms. The molecule has 0 aliphatic heterocycles. The van der Waals surface area contributed by atoms with Gasteiger partial charge in [-0.05, 0) is 37.3 Å². The van der Waals surface area contributed by atoms with Crippen molar-refractivity contribution in [3.63, 3.8) is 0 Å². The number of carbonyl (C=O) groups excluding carboxylic acids is 2. The van der Waals surface area contributed by atoms with Gasteiger partial charge < -0.3 is 5.32 Å². The second-order valence-electron chi connectivity index (χ2n) is 6.11. The molecule has 0 bridgehead atoms. The molecule has 0 heterocycles. The molecule has 1 fully saturated rings. The number of ketones is 1. The SMILES string of the molecule is CCC(=O)[C@H](NC(=O)c1cccc(C)c1F)C1CCCCC1. The highest BCUT2D eigenvalue weighted by Gasteiger charge is 2.30. The van der Waals surface area contributed by atoms with Crippen LogP contribution in [0.4, 0.5) is 4.39 Å². The van der Waals surface area contributed by atoms with Gasteiger partial charge in [0.1, 0.15) is 5.82 Å². The monoisotopic (exact) mass is 305 g/mol. The molecule has 1 aromatic carbocycles. The molecular formula is C18H24FNO2. The number of benzene rings is 1. The summed E-state index contributed by atoms with van der Waals surface area (Å²) in [4.78, 5) is 24.6. The van der Waals surface area contributed by atoms with Gasteiger partial charge in [-0.3, -0.25) is 9.59 Å². The quantitative estimate of drug-likeness (QED) is 0.899. The lowest BCUT2D eigenvalue weighted by atomic mass is 9.81. The number of rotatable bonds is 5. The van der Waals surface area contributed by atoms with Crippen molar-refractivity contribution in [2.45, 2.75) is 58.4 Å². The number of amides is 1. The van der Waals surface area contributed by atoms with Crippen molar-refractivity contribution in [1.29, 1.82) is 0 Å². The fourth-order valence-corrected chi connectivity index (χ4v) is 3.19. The van der Waals surface area contributed by atoms with Crippen LogP contribution in [0.2, 0.25) is 0 Å². The number of Topliss-reactive ketones (excluding diaryl/α,β-unsaturated/α-hetero) is 1. The first kappa shape index (κ1) is 16.7. The van der Waals surface area contributed by atoms with Crippen LogP contribution < -0.4 is 5.32 Å². The van der Waals surface area contributed by atoms with Crippen LogP contribution >= 0.6 is 0 Å². The molecule has 0 radical (unpaired) electrons. The van der Waals surface area contributed by atoms with Gasteiger partial charge in [0.25, 0.3) is 5.91 Å². The normalized spacial score (nSPS) is 17.0. The number of hydrogen-bond acceptors (Lipinski definition) is 2. The standard InChI is InChI=1S/C18H24FNO2/c1-3-15(21)17(13-9-5-4-6-10-13)20-18(22)14-11-7-8-12(2)16(14)19/h7-8,11,13,17H,3-6,9-10H2,1-2H3,(H,20,22)/t17-/m1/s1. The summed E-state index contributed by atoms with van der Waals surface area (Å²) in [6.07, 6.45) is 5.65. The van der Waals surface area contributed by atoms with E-state index in [1.54, 1.807) is 26.0 Å². The molecule has 3 nitrogen and oxygen atoms in total. The molecule has 1 aromatic rings. The van der Waals surface area contributed by atoms with Gasteiger partial charge in [-0.1, -0.05) is 38.3 Å². The van der Waals surface area contributed by atoms with Crippen molar-refractivity contribution in [2.75, 3.05) is 0 Å². The van der Waals surface area contributed by atoms with Crippen molar-refractivity contribution in [2.24, 2.45) is 5.92 Å². The summed E-state index contributed by atoms with van der Waals surface area (Å²) in [6.45, 7) is 3.43. The van der Waals surface area contributed by atoms with Gasteiger partial charge in [0, 0.05) is 6.42 Å². The van der Waals surface area contributed by atoms with Gasteiger partial charge in [0.2, 0.25) is 0 Å². The van der Waals surface area contributed by atoms with Gasteiger partial charge >= 0.3 is 0 Å². The Morgan fingerprint density at radius 3 is 2.59 bits per heavy atom. The van der Waals surface area contributed by atoms with Crippen LogP contribution in [0.3, 0.4) is 0 Å². The summed E-state index contributed by atoms with van der Waals surface area (Å²) >= 11 is 0. The van der Waals surface area contributed by atoms with E-state index in [1.807, 2.05) is 0 Å². The van der Waals surface area contributed by atoms with E-state index in [-0.39, 0.29) is 17.3 Å². The molecule has 1 N–H and O–H groups in total. The van der Waals surface area contributed by atoms with Crippen molar-refractivity contribution < 1.29 is 14.0 Å². The van der Waals surface area contributed by atoms with Crippen LogP contribution in [0, 0.1) is 18.7 Å². The predicted octanol–water partition coefficient (Wildman–Crippen LogP) is 3.79.